The zero-order valence-corrected chi connectivity index (χ0v) is 22.8. The number of aryl methyl sites for hydroxylation is 1. The van der Waals surface area contributed by atoms with E-state index in [2.05, 4.69) is 17.1 Å². The van der Waals surface area contributed by atoms with Crippen molar-refractivity contribution in [1.29, 1.82) is 0 Å². The van der Waals surface area contributed by atoms with Crippen LogP contribution in [0.25, 0.3) is 10.9 Å². The van der Waals surface area contributed by atoms with Crippen LogP contribution in [-0.2, 0) is 32.8 Å². The molecule has 3 aliphatic heterocycles. The van der Waals surface area contributed by atoms with Crippen LogP contribution in [0.5, 0.6) is 0 Å². The van der Waals surface area contributed by atoms with E-state index in [4.69, 9.17) is 11.6 Å². The van der Waals surface area contributed by atoms with E-state index in [0.717, 1.165) is 47.0 Å². The van der Waals surface area contributed by atoms with E-state index < -0.39 is 23.3 Å². The summed E-state index contributed by atoms with van der Waals surface area (Å²) in [6.07, 6.45) is 4.89. The summed E-state index contributed by atoms with van der Waals surface area (Å²) in [5, 5.41) is 11.3. The number of carbonyl (C=O) groups is 3. The fraction of sp³-hybridized carbons (Fsp3) is 0.452. The van der Waals surface area contributed by atoms with Gasteiger partial charge in [-0.2, -0.15) is 0 Å². The zero-order valence-electron chi connectivity index (χ0n) is 22.0. The highest BCUT2D eigenvalue weighted by Gasteiger charge is 2.59. The van der Waals surface area contributed by atoms with Crippen molar-refractivity contribution in [2.75, 3.05) is 19.6 Å². The molecule has 2 N–H and O–H groups in total. The molecule has 204 valence electrons. The van der Waals surface area contributed by atoms with Gasteiger partial charge in [-0.05, 0) is 74.3 Å². The first-order valence-corrected chi connectivity index (χ1v) is 14.4. The smallest absolute Gasteiger partial charge is 0.304 e. The van der Waals surface area contributed by atoms with Gasteiger partial charge in [-0.25, -0.2) is 0 Å². The molecular weight excluding hydrogens is 514 g/mol. The number of aromatic nitrogens is 1. The number of likely N-dealkylation sites (tertiary alicyclic amines) is 1. The first kappa shape index (κ1) is 25.9. The van der Waals surface area contributed by atoms with Crippen LogP contribution in [0.4, 0.5) is 0 Å². The van der Waals surface area contributed by atoms with Gasteiger partial charge in [-0.3, -0.25) is 14.4 Å². The predicted molar refractivity (Wildman–Crippen MR) is 149 cm³/mol. The number of halogens is 1. The van der Waals surface area contributed by atoms with Crippen LogP contribution in [-0.4, -0.2) is 57.3 Å². The molecule has 3 atom stereocenters. The van der Waals surface area contributed by atoms with Crippen LogP contribution in [0, 0.1) is 11.8 Å². The van der Waals surface area contributed by atoms with Crippen molar-refractivity contribution in [2.24, 2.45) is 11.8 Å². The number of piperidine rings is 2. The molecule has 8 heteroatoms. The number of H-pyrrole nitrogens is 1. The van der Waals surface area contributed by atoms with E-state index >= 15 is 0 Å². The Bertz CT molecular complexity index is 1410. The highest BCUT2D eigenvalue weighted by Crippen LogP contribution is 2.53. The molecule has 0 radical (unpaired) electrons. The second kappa shape index (κ2) is 10.3. The number of carboxylic acids is 1. The van der Waals surface area contributed by atoms with Gasteiger partial charge in [0.25, 0.3) is 0 Å². The molecule has 0 saturated carbocycles. The lowest BCUT2D eigenvalue weighted by Gasteiger charge is -2.56. The number of amides is 2. The average Bonchev–Trinajstić information content (AvgIpc) is 3.32. The van der Waals surface area contributed by atoms with E-state index in [1.54, 1.807) is 0 Å². The fourth-order valence-corrected chi connectivity index (χ4v) is 7.48. The number of benzene rings is 2. The number of aromatic amines is 1. The Balaban J connectivity index is 1.53. The Kier molecular flexibility index (Phi) is 6.88. The number of rotatable bonds is 6. The monoisotopic (exact) mass is 547 g/mol. The molecule has 0 spiro atoms. The predicted octanol–water partition coefficient (Wildman–Crippen LogP) is 5.16. The zero-order chi connectivity index (χ0) is 27.1. The topological polar surface area (TPSA) is 93.7 Å². The van der Waals surface area contributed by atoms with Gasteiger partial charge in [-0.1, -0.05) is 41.9 Å². The van der Waals surface area contributed by atoms with Crippen molar-refractivity contribution >= 4 is 40.3 Å². The van der Waals surface area contributed by atoms with Gasteiger partial charge < -0.3 is 19.9 Å². The van der Waals surface area contributed by atoms with E-state index in [-0.39, 0.29) is 24.7 Å². The first-order chi connectivity index (χ1) is 18.9. The van der Waals surface area contributed by atoms with Crippen molar-refractivity contribution < 1.29 is 19.5 Å². The number of carbonyl (C=O) groups excluding carboxylic acids is 2. The minimum Gasteiger partial charge on any atom is -0.481 e. The van der Waals surface area contributed by atoms with E-state index in [9.17, 15) is 19.5 Å². The van der Waals surface area contributed by atoms with Gasteiger partial charge in [0.05, 0.1) is 17.9 Å². The number of nitrogens with zero attached hydrogens (tertiary/aromatic N) is 2. The second-order valence-electron chi connectivity index (χ2n) is 11.3. The summed E-state index contributed by atoms with van der Waals surface area (Å²) in [6, 6.07) is 15.9. The average molecular weight is 548 g/mol. The van der Waals surface area contributed by atoms with Crippen LogP contribution >= 0.6 is 11.6 Å². The van der Waals surface area contributed by atoms with Gasteiger partial charge in [-0.15, -0.1) is 0 Å². The van der Waals surface area contributed by atoms with E-state index in [0.29, 0.717) is 43.9 Å². The summed E-state index contributed by atoms with van der Waals surface area (Å²) < 4.78 is 0. The van der Waals surface area contributed by atoms with Gasteiger partial charge in [0, 0.05) is 47.2 Å². The van der Waals surface area contributed by atoms with Gasteiger partial charge in [0.15, 0.2) is 0 Å². The quantitative estimate of drug-likeness (QED) is 0.446. The molecule has 0 bridgehead atoms. The second-order valence-corrected chi connectivity index (χ2v) is 11.7. The molecule has 39 heavy (non-hydrogen) atoms. The lowest BCUT2D eigenvalue weighted by molar-refractivity contribution is -0.168. The Labute approximate surface area is 233 Å². The standard InChI is InChI=1S/C31H34ClN3O4/c32-22-9-10-26-24(19-22)23-12-16-35-29(38)21(18-27(36)37)17-25(30(39)34-14-5-2-6-15-34)31(35,28(23)33-26)13-11-20-7-3-1-4-8-20/h1,3-4,7-10,19,21,25,33H,2,5-6,11-18H2,(H,36,37)/t21-,25-,31+/m1/s1. The molecule has 2 fully saturated rings. The Morgan fingerprint density at radius 1 is 1.05 bits per heavy atom. The van der Waals surface area contributed by atoms with Crippen molar-refractivity contribution in [3.05, 3.63) is 70.4 Å². The van der Waals surface area contributed by atoms with E-state index in [1.165, 1.54) is 0 Å². The summed E-state index contributed by atoms with van der Waals surface area (Å²) in [5.74, 6) is -2.38. The molecule has 0 aliphatic carbocycles. The third-order valence-electron chi connectivity index (χ3n) is 9.10. The van der Waals surface area contributed by atoms with Crippen LogP contribution in [0.1, 0.15) is 55.3 Å². The number of fused-ring (bicyclic) bond motifs is 5. The van der Waals surface area contributed by atoms with Crippen LogP contribution < -0.4 is 0 Å². The first-order valence-electron chi connectivity index (χ1n) is 14.0. The maximum atomic E-state index is 14.4. The molecule has 6 rings (SSSR count). The Morgan fingerprint density at radius 3 is 2.56 bits per heavy atom. The molecule has 1 aromatic heterocycles. The number of nitrogens with one attached hydrogen (secondary N) is 1. The number of carboxylic acid groups (broad SMARTS) is 1. The molecule has 7 nitrogen and oxygen atoms in total. The summed E-state index contributed by atoms with van der Waals surface area (Å²) >= 11 is 6.41. The van der Waals surface area contributed by atoms with Crippen LogP contribution in [0.3, 0.4) is 0 Å². The van der Waals surface area contributed by atoms with Crippen molar-refractivity contribution in [3.63, 3.8) is 0 Å². The van der Waals surface area contributed by atoms with Gasteiger partial charge >= 0.3 is 5.97 Å². The van der Waals surface area contributed by atoms with Crippen LogP contribution in [0.15, 0.2) is 48.5 Å². The largest absolute Gasteiger partial charge is 0.481 e. The minimum absolute atomic E-state index is 0.0418. The van der Waals surface area contributed by atoms with Gasteiger partial charge in [0.1, 0.15) is 0 Å². The molecule has 0 unspecified atom stereocenters. The Hall–Kier alpha value is -3.32. The van der Waals surface area contributed by atoms with Crippen molar-refractivity contribution in [1.82, 2.24) is 14.8 Å². The van der Waals surface area contributed by atoms with E-state index in [1.807, 2.05) is 46.2 Å². The molecule has 3 aromatic rings. The lowest BCUT2D eigenvalue weighted by atomic mass is 9.64. The Morgan fingerprint density at radius 2 is 1.82 bits per heavy atom. The third-order valence-corrected chi connectivity index (χ3v) is 9.34. The summed E-state index contributed by atoms with van der Waals surface area (Å²) in [5.41, 5.74) is 3.21. The normalized spacial score (nSPS) is 24.9. The summed E-state index contributed by atoms with van der Waals surface area (Å²) in [4.78, 5) is 47.8. The highest BCUT2D eigenvalue weighted by atomic mass is 35.5. The molecule has 4 heterocycles. The van der Waals surface area contributed by atoms with Crippen molar-refractivity contribution in [3.8, 4) is 0 Å². The molecule has 2 amide bonds. The molecule has 3 aliphatic rings. The SMILES string of the molecule is O=C(O)C[C@H]1C[C@H](C(=O)N2CCCCC2)[C@@]2(CCc3ccccc3)c3[nH]c4ccc(Cl)cc4c3CCN2C1=O. The van der Waals surface area contributed by atoms with Gasteiger partial charge in [0.2, 0.25) is 11.8 Å². The fourth-order valence-electron chi connectivity index (χ4n) is 7.31. The number of hydrogen-bond acceptors (Lipinski definition) is 3. The number of aliphatic carboxylic acids is 1. The minimum atomic E-state index is -1.01. The van der Waals surface area contributed by atoms with Crippen molar-refractivity contribution in [2.45, 2.75) is 56.9 Å². The molecular formula is C31H34ClN3O4. The number of hydrogen-bond donors (Lipinski definition) is 2. The highest BCUT2D eigenvalue weighted by molar-refractivity contribution is 6.31. The molecule has 2 aromatic carbocycles. The summed E-state index contributed by atoms with van der Waals surface area (Å²) in [7, 11) is 0. The maximum absolute atomic E-state index is 14.4. The molecule has 2 saturated heterocycles. The maximum Gasteiger partial charge on any atom is 0.304 e. The van der Waals surface area contributed by atoms with Crippen LogP contribution in [0.2, 0.25) is 5.02 Å². The summed E-state index contributed by atoms with van der Waals surface area (Å²) in [6.45, 7) is 1.85. The lowest BCUT2D eigenvalue weighted by Crippen LogP contribution is -2.66. The third kappa shape index (κ3) is 4.50.